The molecule has 0 N–H and O–H groups in total. The maximum Gasteiger partial charge on any atom is 0.0508 e. The fourth-order valence-electron chi connectivity index (χ4n) is 11.2. The van der Waals surface area contributed by atoms with Gasteiger partial charge in [0.1, 0.15) is 0 Å². The summed E-state index contributed by atoms with van der Waals surface area (Å²) in [6.07, 6.45) is 0. The molecule has 10 aromatic rings. The van der Waals surface area contributed by atoms with Gasteiger partial charge in [-0.05, 0) is 168 Å². The SMILES string of the molecule is CC(C)(C)c1cc(C(C)(C)C)c2c(c1)C(C)(C)c1c-2cccc1N(c1ccccc1)c1ccc(-c2cc(-c3ccccc3)c(-c3ccc(N(c4ccccc4)c4ccccc4)cc3)cc2-c2ccccc2)cc1. The molecule has 11 rings (SSSR count). The highest BCUT2D eigenvalue weighted by Gasteiger charge is 2.42. The van der Waals surface area contributed by atoms with Gasteiger partial charge in [0.05, 0.1) is 5.69 Å². The molecule has 358 valence electrons. The third kappa shape index (κ3) is 8.86. The first-order chi connectivity index (χ1) is 35.3. The van der Waals surface area contributed by atoms with E-state index in [-0.39, 0.29) is 16.2 Å². The van der Waals surface area contributed by atoms with Crippen LogP contribution in [0.3, 0.4) is 0 Å². The van der Waals surface area contributed by atoms with Gasteiger partial charge in [-0.3, -0.25) is 0 Å². The number of hydrogen-bond acceptors (Lipinski definition) is 2. The zero-order valence-corrected chi connectivity index (χ0v) is 43.5. The second kappa shape index (κ2) is 18.8. The van der Waals surface area contributed by atoms with Crippen molar-refractivity contribution in [2.75, 3.05) is 9.80 Å². The van der Waals surface area contributed by atoms with Crippen LogP contribution >= 0.6 is 0 Å². The van der Waals surface area contributed by atoms with E-state index in [1.165, 1.54) is 72.4 Å². The third-order valence-corrected chi connectivity index (χ3v) is 14.9. The monoisotopic (exact) mass is 945 g/mol. The van der Waals surface area contributed by atoms with Crippen molar-refractivity contribution in [1.82, 2.24) is 0 Å². The zero-order valence-electron chi connectivity index (χ0n) is 43.5. The average Bonchev–Trinajstić information content (AvgIpc) is 3.66. The molecule has 10 aromatic carbocycles. The molecule has 2 nitrogen and oxygen atoms in total. The topological polar surface area (TPSA) is 6.48 Å². The summed E-state index contributed by atoms with van der Waals surface area (Å²) < 4.78 is 0. The lowest BCUT2D eigenvalue weighted by atomic mass is 9.74. The average molecular weight is 945 g/mol. The van der Waals surface area contributed by atoms with Crippen molar-refractivity contribution >= 4 is 34.1 Å². The second-order valence-corrected chi connectivity index (χ2v) is 22.2. The van der Waals surface area contributed by atoms with E-state index in [1.807, 2.05) is 0 Å². The highest BCUT2D eigenvalue weighted by molar-refractivity contribution is 5.97. The molecule has 0 aromatic heterocycles. The molecule has 0 saturated carbocycles. The number of nitrogens with zero attached hydrogens (tertiary/aromatic N) is 2. The highest BCUT2D eigenvalue weighted by atomic mass is 15.1. The van der Waals surface area contributed by atoms with E-state index in [9.17, 15) is 0 Å². The van der Waals surface area contributed by atoms with Gasteiger partial charge in [-0.15, -0.1) is 0 Å². The van der Waals surface area contributed by atoms with Crippen LogP contribution in [0.25, 0.3) is 55.6 Å². The number of para-hydroxylation sites is 3. The minimum atomic E-state index is -0.251. The predicted molar refractivity (Wildman–Crippen MR) is 313 cm³/mol. The largest absolute Gasteiger partial charge is 0.311 e. The van der Waals surface area contributed by atoms with Gasteiger partial charge in [0.2, 0.25) is 0 Å². The van der Waals surface area contributed by atoms with Crippen molar-refractivity contribution in [2.24, 2.45) is 0 Å². The highest BCUT2D eigenvalue weighted by Crippen LogP contribution is 2.57. The summed E-state index contributed by atoms with van der Waals surface area (Å²) in [6.45, 7) is 19.0. The molecule has 0 amide bonds. The van der Waals surface area contributed by atoms with E-state index in [1.54, 1.807) is 0 Å². The fourth-order valence-corrected chi connectivity index (χ4v) is 11.2. The molecular weight excluding hydrogens is 881 g/mol. The molecule has 0 bridgehead atoms. The Morgan fingerprint density at radius 3 is 1.10 bits per heavy atom. The van der Waals surface area contributed by atoms with Crippen LogP contribution in [0.5, 0.6) is 0 Å². The van der Waals surface area contributed by atoms with Gasteiger partial charge in [0.15, 0.2) is 0 Å². The molecule has 0 spiro atoms. The van der Waals surface area contributed by atoms with Gasteiger partial charge in [-0.2, -0.15) is 0 Å². The number of rotatable bonds is 10. The molecule has 1 aliphatic carbocycles. The van der Waals surface area contributed by atoms with Crippen molar-refractivity contribution in [2.45, 2.75) is 71.6 Å². The number of benzene rings is 10. The van der Waals surface area contributed by atoms with E-state index >= 15 is 0 Å². The van der Waals surface area contributed by atoms with Gasteiger partial charge >= 0.3 is 0 Å². The first kappa shape index (κ1) is 47.1. The first-order valence-corrected chi connectivity index (χ1v) is 25.8. The first-order valence-electron chi connectivity index (χ1n) is 25.8. The molecule has 1 aliphatic rings. The summed E-state index contributed by atoms with van der Waals surface area (Å²) in [6, 6.07) is 89.1. The van der Waals surface area contributed by atoms with E-state index in [0.29, 0.717) is 0 Å². The minimum absolute atomic E-state index is 0.0165. The predicted octanol–water partition coefficient (Wildman–Crippen LogP) is 20.2. The molecule has 73 heavy (non-hydrogen) atoms. The Bertz CT molecular complexity index is 3510. The molecule has 0 atom stereocenters. The van der Waals surface area contributed by atoms with Crippen LogP contribution in [-0.4, -0.2) is 0 Å². The maximum absolute atomic E-state index is 2.51. The van der Waals surface area contributed by atoms with Gasteiger partial charge in [-0.1, -0.05) is 219 Å². The Labute approximate surface area is 433 Å². The molecule has 0 radical (unpaired) electrons. The summed E-state index contributed by atoms with van der Waals surface area (Å²) in [7, 11) is 0. The van der Waals surface area contributed by atoms with Gasteiger partial charge in [0, 0.05) is 33.9 Å². The van der Waals surface area contributed by atoms with Crippen LogP contribution in [0, 0.1) is 0 Å². The van der Waals surface area contributed by atoms with E-state index < -0.39 is 0 Å². The molecule has 2 heteroatoms. The molecule has 0 saturated heterocycles. The van der Waals surface area contributed by atoms with Crippen LogP contribution in [0.1, 0.15) is 77.6 Å². The Morgan fingerprint density at radius 2 is 0.685 bits per heavy atom. The fraction of sp³-hybridized carbons (Fsp3) is 0.155. The third-order valence-electron chi connectivity index (χ3n) is 14.9. The van der Waals surface area contributed by atoms with Crippen LogP contribution < -0.4 is 9.80 Å². The van der Waals surface area contributed by atoms with E-state index in [0.717, 1.165) is 39.6 Å². The Balaban J connectivity index is 1.05. The number of anilines is 6. The van der Waals surface area contributed by atoms with Crippen molar-refractivity contribution < 1.29 is 0 Å². The Kier molecular flexibility index (Phi) is 12.1. The van der Waals surface area contributed by atoms with Crippen LogP contribution in [-0.2, 0) is 16.2 Å². The Morgan fingerprint density at radius 1 is 0.315 bits per heavy atom. The quantitative estimate of drug-likeness (QED) is 0.135. The normalized spacial score (nSPS) is 12.8. The lowest BCUT2D eigenvalue weighted by Gasteiger charge is -2.33. The van der Waals surface area contributed by atoms with Crippen molar-refractivity contribution in [3.63, 3.8) is 0 Å². The van der Waals surface area contributed by atoms with Crippen molar-refractivity contribution in [3.8, 4) is 55.6 Å². The van der Waals surface area contributed by atoms with E-state index in [4.69, 9.17) is 0 Å². The standard InChI is InChI=1S/C71H64N2/c1-69(2,3)53-45-64(70(4,5)6)67-59-35-24-36-66(68(59)71(7,8)65(67)46-53)73(56-33-22-13-23-34-56)58-43-39-52(40-44-58)63-48-60(49-25-14-9-15-26-49)62(47-61(63)50-27-16-10-17-28-50)51-37-41-57(42-38-51)72(54-29-18-11-19-30-54)55-31-20-12-21-32-55/h9-48H,1-8H3. The van der Waals surface area contributed by atoms with Crippen LogP contribution in [0.4, 0.5) is 34.1 Å². The number of hydrogen-bond donors (Lipinski definition) is 0. The van der Waals surface area contributed by atoms with Gasteiger partial charge < -0.3 is 9.80 Å². The van der Waals surface area contributed by atoms with Gasteiger partial charge in [0.25, 0.3) is 0 Å². The maximum atomic E-state index is 2.51. The van der Waals surface area contributed by atoms with Crippen molar-refractivity contribution in [3.05, 3.63) is 265 Å². The summed E-state index contributed by atoms with van der Waals surface area (Å²) in [4.78, 5) is 4.80. The number of fused-ring (bicyclic) bond motifs is 3. The van der Waals surface area contributed by atoms with Crippen molar-refractivity contribution in [1.29, 1.82) is 0 Å². The lowest BCUT2D eigenvalue weighted by molar-refractivity contribution is 0.564. The minimum Gasteiger partial charge on any atom is -0.311 e. The molecular formula is C71H64N2. The zero-order chi connectivity index (χ0) is 50.5. The molecule has 0 unspecified atom stereocenters. The van der Waals surface area contributed by atoms with E-state index in [2.05, 4.69) is 308 Å². The summed E-state index contributed by atoms with van der Waals surface area (Å²) in [5.74, 6) is 0. The summed E-state index contributed by atoms with van der Waals surface area (Å²) in [5.41, 5.74) is 24.2. The summed E-state index contributed by atoms with van der Waals surface area (Å²) in [5, 5.41) is 0. The second-order valence-electron chi connectivity index (χ2n) is 22.2. The molecule has 0 aliphatic heterocycles. The van der Waals surface area contributed by atoms with Crippen LogP contribution in [0.15, 0.2) is 243 Å². The molecule has 0 heterocycles. The Hall–Kier alpha value is -8.20. The van der Waals surface area contributed by atoms with Gasteiger partial charge in [-0.25, -0.2) is 0 Å². The lowest BCUT2D eigenvalue weighted by Crippen LogP contribution is -2.22. The smallest absolute Gasteiger partial charge is 0.0508 e. The summed E-state index contributed by atoms with van der Waals surface area (Å²) >= 11 is 0. The van der Waals surface area contributed by atoms with Crippen LogP contribution in [0.2, 0.25) is 0 Å². The molecule has 0 fully saturated rings.